The van der Waals surface area contributed by atoms with Gasteiger partial charge in [0.25, 0.3) is 0 Å². The second kappa shape index (κ2) is 25.8. The van der Waals surface area contributed by atoms with Gasteiger partial charge in [-0.25, -0.2) is 0 Å². The van der Waals surface area contributed by atoms with E-state index in [0.29, 0.717) is 38.5 Å². The molecular weight excluding hydrogens is 366 g/mol. The van der Waals surface area contributed by atoms with Gasteiger partial charge in [0.05, 0.1) is 0 Å². The van der Waals surface area contributed by atoms with Crippen LogP contribution in [0.15, 0.2) is 0 Å². The molecule has 150 valence electrons. The van der Waals surface area contributed by atoms with E-state index in [1.807, 2.05) is 0 Å². The van der Waals surface area contributed by atoms with Gasteiger partial charge in [0.2, 0.25) is 0 Å². The summed E-state index contributed by atoms with van der Waals surface area (Å²) in [7, 11) is 0. The number of hydrogen-bond donors (Lipinski definition) is 0. The van der Waals surface area contributed by atoms with Gasteiger partial charge in [-0.15, -0.1) is 36.6 Å². The minimum atomic E-state index is -0.564. The van der Waals surface area contributed by atoms with Crippen LogP contribution in [-0.2, 0) is 0 Å². The Labute approximate surface area is 181 Å². The van der Waals surface area contributed by atoms with Crippen molar-refractivity contribution >= 4 is 34.7 Å². The molecule has 26 heavy (non-hydrogen) atoms. The van der Waals surface area contributed by atoms with Crippen molar-refractivity contribution in [3.05, 3.63) is 0 Å². The first-order valence-corrected chi connectivity index (χ1v) is 8.83. The molecule has 0 amide bonds. The Balaban J connectivity index is -0.0000000817. The molecule has 0 radical (unpaired) electrons. The SMILES string of the molecule is CC([O-])CCC(C)[O-].CC([O-])CCC(C)[O-].CC([O-])CCC(C)[O-].[Al+3].[Al+3]. The minimum Gasteiger partial charge on any atom is -0.852 e. The van der Waals surface area contributed by atoms with Crippen molar-refractivity contribution in [3.8, 4) is 0 Å². The van der Waals surface area contributed by atoms with Crippen LogP contribution in [0, 0.1) is 0 Å². The van der Waals surface area contributed by atoms with Gasteiger partial charge in [0.15, 0.2) is 0 Å². The Morgan fingerprint density at radius 3 is 0.462 bits per heavy atom. The van der Waals surface area contributed by atoms with Gasteiger partial charge in [-0.2, -0.15) is 0 Å². The molecule has 6 atom stereocenters. The van der Waals surface area contributed by atoms with E-state index >= 15 is 0 Å². The zero-order chi connectivity index (χ0) is 19.7. The summed E-state index contributed by atoms with van der Waals surface area (Å²) in [5.74, 6) is 0. The van der Waals surface area contributed by atoms with E-state index in [4.69, 9.17) is 0 Å². The van der Waals surface area contributed by atoms with Crippen molar-refractivity contribution in [2.24, 2.45) is 0 Å². The first kappa shape index (κ1) is 37.6. The summed E-state index contributed by atoms with van der Waals surface area (Å²) in [6.45, 7) is 9.51. The molecule has 0 heterocycles. The van der Waals surface area contributed by atoms with E-state index in [0.717, 1.165) is 0 Å². The maximum Gasteiger partial charge on any atom is 3.00 e. The van der Waals surface area contributed by atoms with Crippen LogP contribution >= 0.6 is 0 Å². The largest absolute Gasteiger partial charge is 3.00 e. The normalized spacial score (nSPS) is 16.6. The second-order valence-corrected chi connectivity index (χ2v) is 6.60. The third-order valence-electron chi connectivity index (χ3n) is 2.94. The van der Waals surface area contributed by atoms with Crippen LogP contribution < -0.4 is 30.6 Å². The van der Waals surface area contributed by atoms with Crippen LogP contribution in [0.5, 0.6) is 0 Å². The second-order valence-electron chi connectivity index (χ2n) is 6.60. The standard InChI is InChI=1S/3C6H12O2.2Al/c3*1-5(7)3-4-6(2)8;;/h3*5-6H,3-4H2,1-2H3;;/q3*-2;2*+3. The molecule has 0 aromatic rings. The van der Waals surface area contributed by atoms with E-state index in [1.54, 1.807) is 41.5 Å². The summed E-state index contributed by atoms with van der Waals surface area (Å²) in [5.41, 5.74) is 0. The Kier molecular flexibility index (Phi) is 37.3. The molecule has 0 spiro atoms. The zero-order valence-corrected chi connectivity index (χ0v) is 19.6. The molecular formula is C18H36Al2O6. The fourth-order valence-corrected chi connectivity index (χ4v) is 1.41. The molecule has 0 N–H and O–H groups in total. The van der Waals surface area contributed by atoms with Gasteiger partial charge in [-0.3, -0.25) is 0 Å². The van der Waals surface area contributed by atoms with Gasteiger partial charge in [0, 0.05) is 0 Å². The molecule has 0 aliphatic rings. The van der Waals surface area contributed by atoms with Crippen molar-refractivity contribution in [1.82, 2.24) is 0 Å². The van der Waals surface area contributed by atoms with Crippen LogP contribution in [0.1, 0.15) is 80.1 Å². The van der Waals surface area contributed by atoms with Gasteiger partial charge in [-0.1, -0.05) is 80.1 Å². The number of rotatable bonds is 9. The summed E-state index contributed by atoms with van der Waals surface area (Å²) >= 11 is 0. The van der Waals surface area contributed by atoms with Crippen LogP contribution in [0.2, 0.25) is 0 Å². The molecule has 0 aliphatic heterocycles. The topological polar surface area (TPSA) is 138 Å². The summed E-state index contributed by atoms with van der Waals surface area (Å²) < 4.78 is 0. The fourth-order valence-electron chi connectivity index (χ4n) is 1.41. The maximum atomic E-state index is 10.3. The van der Waals surface area contributed by atoms with Crippen LogP contribution in [-0.4, -0.2) is 71.3 Å². The van der Waals surface area contributed by atoms with Crippen molar-refractivity contribution in [2.45, 2.75) is 117 Å². The van der Waals surface area contributed by atoms with Crippen molar-refractivity contribution in [1.29, 1.82) is 0 Å². The van der Waals surface area contributed by atoms with Crippen molar-refractivity contribution < 1.29 is 30.6 Å². The molecule has 6 nitrogen and oxygen atoms in total. The zero-order valence-electron chi connectivity index (χ0n) is 17.3. The number of hydrogen-bond acceptors (Lipinski definition) is 6. The first-order chi connectivity index (χ1) is 10.9. The summed E-state index contributed by atoms with van der Waals surface area (Å²) in [6, 6.07) is 0. The molecule has 0 aromatic heterocycles. The summed E-state index contributed by atoms with van der Waals surface area (Å²) in [6.07, 6.45) is -0.270. The van der Waals surface area contributed by atoms with Gasteiger partial charge < -0.3 is 30.6 Å². The summed E-state index contributed by atoms with van der Waals surface area (Å²) in [5, 5.41) is 61.8. The Morgan fingerprint density at radius 2 is 0.423 bits per heavy atom. The molecule has 0 bridgehead atoms. The van der Waals surface area contributed by atoms with E-state index in [2.05, 4.69) is 0 Å². The Hall–Kier alpha value is 0.825. The van der Waals surface area contributed by atoms with Gasteiger partial charge in [0.1, 0.15) is 0 Å². The van der Waals surface area contributed by atoms with Gasteiger partial charge >= 0.3 is 34.7 Å². The maximum absolute atomic E-state index is 10.3. The van der Waals surface area contributed by atoms with Crippen molar-refractivity contribution in [3.63, 3.8) is 0 Å². The van der Waals surface area contributed by atoms with E-state index in [9.17, 15) is 30.6 Å². The monoisotopic (exact) mass is 402 g/mol. The predicted molar refractivity (Wildman–Crippen MR) is 96.0 cm³/mol. The molecule has 0 rings (SSSR count). The molecule has 8 heteroatoms. The molecule has 0 aromatic carbocycles. The average Bonchev–Trinajstić information content (AvgIpc) is 2.42. The summed E-state index contributed by atoms with van der Waals surface area (Å²) in [4.78, 5) is 0. The van der Waals surface area contributed by atoms with Crippen LogP contribution in [0.25, 0.3) is 0 Å². The van der Waals surface area contributed by atoms with Crippen LogP contribution in [0.4, 0.5) is 0 Å². The van der Waals surface area contributed by atoms with Gasteiger partial charge in [-0.05, 0) is 0 Å². The van der Waals surface area contributed by atoms with E-state index in [-0.39, 0.29) is 34.7 Å². The fraction of sp³-hybridized carbons (Fsp3) is 1.00. The van der Waals surface area contributed by atoms with E-state index in [1.165, 1.54) is 0 Å². The third-order valence-corrected chi connectivity index (χ3v) is 2.94. The molecule has 0 aliphatic carbocycles. The Bertz CT molecular complexity index is 176. The predicted octanol–water partition coefficient (Wildman–Crippen LogP) is -2.97. The first-order valence-electron chi connectivity index (χ1n) is 8.83. The van der Waals surface area contributed by atoms with Crippen LogP contribution in [0.3, 0.4) is 0 Å². The molecule has 0 saturated heterocycles. The molecule has 0 fully saturated rings. The Morgan fingerprint density at radius 1 is 0.346 bits per heavy atom. The smallest absolute Gasteiger partial charge is 0.852 e. The quantitative estimate of drug-likeness (QED) is 0.378. The average molecular weight is 402 g/mol. The molecule has 6 unspecified atom stereocenters. The third kappa shape index (κ3) is 56.3. The molecule has 0 saturated carbocycles. The van der Waals surface area contributed by atoms with E-state index < -0.39 is 36.6 Å². The van der Waals surface area contributed by atoms with Crippen molar-refractivity contribution in [2.75, 3.05) is 0 Å². The minimum absolute atomic E-state index is 0.